The van der Waals surface area contributed by atoms with E-state index in [9.17, 15) is 9.59 Å². The van der Waals surface area contributed by atoms with Gasteiger partial charge in [0, 0.05) is 30.7 Å². The molecule has 1 aliphatic rings. The quantitative estimate of drug-likeness (QED) is 0.719. The molecule has 0 spiro atoms. The van der Waals surface area contributed by atoms with Crippen LogP contribution in [0.1, 0.15) is 36.4 Å². The highest BCUT2D eigenvalue weighted by Gasteiger charge is 2.19. The van der Waals surface area contributed by atoms with Gasteiger partial charge < -0.3 is 9.64 Å². The van der Waals surface area contributed by atoms with Crippen LogP contribution in [-0.4, -0.2) is 42.4 Å². The summed E-state index contributed by atoms with van der Waals surface area (Å²) in [5.74, 6) is 2.00. The van der Waals surface area contributed by atoms with E-state index in [2.05, 4.69) is 12.1 Å². The fraction of sp³-hybridized carbons (Fsp3) is 0.300. The first-order valence-corrected chi connectivity index (χ1v) is 10.4. The lowest BCUT2D eigenvalue weighted by molar-refractivity contribution is 0.0600. The van der Waals surface area contributed by atoms with E-state index in [1.807, 2.05) is 47.8 Å². The summed E-state index contributed by atoms with van der Waals surface area (Å²) in [4.78, 5) is 25.8. The van der Waals surface area contributed by atoms with E-state index in [0.717, 1.165) is 5.56 Å². The third kappa shape index (κ3) is 4.43. The molecule has 2 aromatic carbocycles. The van der Waals surface area contributed by atoms with Gasteiger partial charge in [-0.2, -0.15) is 0 Å². The average Bonchev–Trinajstić information content (AvgIpc) is 3.22. The lowest BCUT2D eigenvalue weighted by Crippen LogP contribution is -2.26. The average molecular weight is 388 g/mol. The van der Waals surface area contributed by atoms with Gasteiger partial charge >= 0.3 is 5.97 Å². The Labute approximate surface area is 162 Å². The minimum Gasteiger partial charge on any atom is -0.465 e. The Bertz CT molecular complexity index is 769. The molecule has 0 unspecified atom stereocenters. The van der Waals surface area contributed by atoms with Crippen LogP contribution in [0, 0.1) is 0 Å². The Morgan fingerprint density at radius 3 is 2.15 bits per heavy atom. The molecule has 136 valence electrons. The molecule has 0 atom stereocenters. The molecule has 0 aromatic heterocycles. The SMILES string of the molecule is COC(=O)c1ccc(CN(C)C(=O)c2ccc(C3SCCS3)cc2)cc1. The predicted molar refractivity (Wildman–Crippen MR) is 108 cm³/mol. The zero-order valence-corrected chi connectivity index (χ0v) is 16.4. The lowest BCUT2D eigenvalue weighted by atomic mass is 10.1. The highest BCUT2D eigenvalue weighted by molar-refractivity contribution is 8.19. The third-order valence-corrected chi connectivity index (χ3v) is 7.30. The summed E-state index contributed by atoms with van der Waals surface area (Å²) in [5, 5.41) is 0. The Hall–Kier alpha value is -1.92. The van der Waals surface area contributed by atoms with Crippen molar-refractivity contribution in [2.75, 3.05) is 25.7 Å². The second-order valence-electron chi connectivity index (χ2n) is 6.05. The van der Waals surface area contributed by atoms with Gasteiger partial charge in [-0.3, -0.25) is 4.79 Å². The monoisotopic (exact) mass is 387 g/mol. The van der Waals surface area contributed by atoms with Crippen LogP contribution in [-0.2, 0) is 11.3 Å². The van der Waals surface area contributed by atoms with Gasteiger partial charge in [0.15, 0.2) is 0 Å². The molecule has 0 aliphatic carbocycles. The third-order valence-electron chi connectivity index (χ3n) is 4.19. The molecule has 1 amide bonds. The van der Waals surface area contributed by atoms with Crippen molar-refractivity contribution < 1.29 is 14.3 Å². The van der Waals surface area contributed by atoms with Crippen LogP contribution in [0.15, 0.2) is 48.5 Å². The van der Waals surface area contributed by atoms with Crippen LogP contribution in [0.5, 0.6) is 0 Å². The Morgan fingerprint density at radius 1 is 1.00 bits per heavy atom. The second-order valence-corrected chi connectivity index (χ2v) is 8.77. The van der Waals surface area contributed by atoms with Crippen molar-refractivity contribution in [2.45, 2.75) is 11.1 Å². The van der Waals surface area contributed by atoms with Crippen molar-refractivity contribution >= 4 is 35.4 Å². The number of rotatable bonds is 5. The van der Waals surface area contributed by atoms with Gasteiger partial charge in [-0.1, -0.05) is 24.3 Å². The molecule has 0 N–H and O–H groups in total. The minimum absolute atomic E-state index is 0.0136. The zero-order chi connectivity index (χ0) is 18.5. The minimum atomic E-state index is -0.361. The summed E-state index contributed by atoms with van der Waals surface area (Å²) in [5.41, 5.74) is 3.43. The van der Waals surface area contributed by atoms with E-state index >= 15 is 0 Å². The molecule has 26 heavy (non-hydrogen) atoms. The molecular weight excluding hydrogens is 366 g/mol. The molecule has 0 radical (unpaired) electrons. The topological polar surface area (TPSA) is 46.6 Å². The van der Waals surface area contributed by atoms with Gasteiger partial charge in [0.1, 0.15) is 0 Å². The molecule has 6 heteroatoms. The van der Waals surface area contributed by atoms with Crippen molar-refractivity contribution in [3.8, 4) is 0 Å². The molecule has 1 heterocycles. The van der Waals surface area contributed by atoms with E-state index in [1.54, 1.807) is 24.1 Å². The van der Waals surface area contributed by atoms with E-state index in [-0.39, 0.29) is 11.9 Å². The van der Waals surface area contributed by atoms with Crippen molar-refractivity contribution in [2.24, 2.45) is 0 Å². The van der Waals surface area contributed by atoms with Gasteiger partial charge in [-0.05, 0) is 35.4 Å². The van der Waals surface area contributed by atoms with Gasteiger partial charge in [0.2, 0.25) is 0 Å². The van der Waals surface area contributed by atoms with Gasteiger partial charge in [0.05, 0.1) is 17.3 Å². The number of carbonyl (C=O) groups excluding carboxylic acids is 2. The van der Waals surface area contributed by atoms with Gasteiger partial charge in [-0.25, -0.2) is 4.79 Å². The summed E-state index contributed by atoms with van der Waals surface area (Å²) < 4.78 is 5.18. The summed E-state index contributed by atoms with van der Waals surface area (Å²) in [6.45, 7) is 0.483. The van der Waals surface area contributed by atoms with Crippen LogP contribution in [0.3, 0.4) is 0 Å². The number of nitrogens with zero attached hydrogens (tertiary/aromatic N) is 1. The second kappa shape index (κ2) is 8.64. The lowest BCUT2D eigenvalue weighted by Gasteiger charge is -2.18. The summed E-state index contributed by atoms with van der Waals surface area (Å²) >= 11 is 3.91. The van der Waals surface area contributed by atoms with Crippen LogP contribution in [0.2, 0.25) is 0 Å². The van der Waals surface area contributed by atoms with Crippen LogP contribution >= 0.6 is 23.5 Å². The van der Waals surface area contributed by atoms with Crippen molar-refractivity contribution in [3.05, 3.63) is 70.8 Å². The molecule has 0 saturated carbocycles. The van der Waals surface area contributed by atoms with Gasteiger partial charge in [0.25, 0.3) is 5.91 Å². The fourth-order valence-corrected chi connectivity index (χ4v) is 5.62. The molecule has 2 aromatic rings. The number of ether oxygens (including phenoxy) is 1. The number of hydrogen-bond acceptors (Lipinski definition) is 5. The smallest absolute Gasteiger partial charge is 0.337 e. The molecular formula is C20H21NO3S2. The van der Waals surface area contributed by atoms with Crippen molar-refractivity contribution in [1.29, 1.82) is 0 Å². The Balaban J connectivity index is 1.62. The largest absolute Gasteiger partial charge is 0.465 e. The number of carbonyl (C=O) groups is 2. The van der Waals surface area contributed by atoms with Crippen LogP contribution in [0.4, 0.5) is 0 Å². The van der Waals surface area contributed by atoms with E-state index in [1.165, 1.54) is 24.2 Å². The van der Waals surface area contributed by atoms with E-state index < -0.39 is 0 Å². The number of methoxy groups -OCH3 is 1. The summed E-state index contributed by atoms with van der Waals surface area (Å²) in [6.07, 6.45) is 0. The zero-order valence-electron chi connectivity index (χ0n) is 14.8. The number of thioether (sulfide) groups is 2. The Morgan fingerprint density at radius 2 is 1.58 bits per heavy atom. The number of hydrogen-bond donors (Lipinski definition) is 0. The van der Waals surface area contributed by atoms with E-state index in [0.29, 0.717) is 22.3 Å². The molecule has 1 aliphatic heterocycles. The van der Waals surface area contributed by atoms with Crippen molar-refractivity contribution in [3.63, 3.8) is 0 Å². The van der Waals surface area contributed by atoms with Crippen LogP contribution < -0.4 is 0 Å². The Kier molecular flexibility index (Phi) is 6.27. The molecule has 1 fully saturated rings. The fourth-order valence-electron chi connectivity index (χ4n) is 2.76. The molecule has 1 saturated heterocycles. The number of amides is 1. The number of esters is 1. The summed E-state index contributed by atoms with van der Waals surface area (Å²) in [6, 6.07) is 15.0. The van der Waals surface area contributed by atoms with Crippen molar-refractivity contribution in [1.82, 2.24) is 4.90 Å². The van der Waals surface area contributed by atoms with Crippen LogP contribution in [0.25, 0.3) is 0 Å². The standard InChI is InChI=1S/C20H21NO3S2/c1-21(13-14-3-5-16(6-4-14)19(23)24-2)18(22)15-7-9-17(10-8-15)20-25-11-12-26-20/h3-10,20H,11-13H2,1-2H3. The maximum Gasteiger partial charge on any atom is 0.337 e. The first-order chi connectivity index (χ1) is 12.6. The maximum atomic E-state index is 12.6. The predicted octanol–water partition coefficient (Wildman–Crippen LogP) is 4.22. The number of benzene rings is 2. The highest BCUT2D eigenvalue weighted by atomic mass is 32.2. The first kappa shape index (κ1) is 18.9. The summed E-state index contributed by atoms with van der Waals surface area (Å²) in [7, 11) is 3.14. The van der Waals surface area contributed by atoms with Gasteiger partial charge in [-0.15, -0.1) is 23.5 Å². The first-order valence-electron chi connectivity index (χ1n) is 8.34. The molecule has 3 rings (SSSR count). The maximum absolute atomic E-state index is 12.6. The highest BCUT2D eigenvalue weighted by Crippen LogP contribution is 2.45. The normalized spacial score (nSPS) is 14.2. The molecule has 4 nitrogen and oxygen atoms in total. The van der Waals surface area contributed by atoms with E-state index in [4.69, 9.17) is 4.74 Å². The molecule has 0 bridgehead atoms.